The molecule has 0 heterocycles. The molecule has 0 radical (unpaired) electrons. The van der Waals surface area contributed by atoms with Gasteiger partial charge in [0.1, 0.15) is 0 Å². The summed E-state index contributed by atoms with van der Waals surface area (Å²) in [5.41, 5.74) is 0. The normalized spacial score (nSPS) is 13.9. The van der Waals surface area contributed by atoms with Gasteiger partial charge in [0.05, 0.1) is 0 Å². The monoisotopic (exact) mass is 170 g/mol. The molecule has 0 aromatic rings. The quantitative estimate of drug-likeness (QED) is 0.359. The van der Waals surface area contributed by atoms with Crippen LogP contribution in [0.25, 0.3) is 0 Å². The van der Waals surface area contributed by atoms with Crippen molar-refractivity contribution in [2.75, 3.05) is 0 Å². The van der Waals surface area contributed by atoms with E-state index in [9.17, 15) is 17.6 Å². The zero-order valence-electron chi connectivity index (χ0n) is 5.70. The molecule has 0 atom stereocenters. The first-order valence-corrected chi connectivity index (χ1v) is 2.61. The number of rotatable bonds is 3. The Bertz CT molecular complexity index is 180. The Morgan fingerprint density at radius 2 is 1.91 bits per heavy atom. The smallest absolute Gasteiger partial charge is 0.396 e. The van der Waals surface area contributed by atoms with Crippen LogP contribution in [0.15, 0.2) is 24.5 Å². The average Bonchev–Trinajstić information content (AvgIpc) is 1.82. The molecule has 0 aliphatic carbocycles. The van der Waals surface area contributed by atoms with E-state index in [1.807, 2.05) is 0 Å². The second kappa shape index (κ2) is 3.41. The molecule has 0 saturated heterocycles. The van der Waals surface area contributed by atoms with Crippen molar-refractivity contribution in [1.29, 1.82) is 0 Å². The minimum Gasteiger partial charge on any atom is -0.404 e. The average molecular weight is 170 g/mol. The van der Waals surface area contributed by atoms with Crippen LogP contribution in [0.3, 0.4) is 0 Å². The van der Waals surface area contributed by atoms with Gasteiger partial charge in [-0.15, -0.1) is 0 Å². The van der Waals surface area contributed by atoms with Crippen LogP contribution in [0.1, 0.15) is 6.92 Å². The van der Waals surface area contributed by atoms with Crippen molar-refractivity contribution in [3.05, 3.63) is 24.5 Å². The van der Waals surface area contributed by atoms with Gasteiger partial charge in [-0.05, 0) is 6.08 Å². The standard InChI is InChI=1S/C6H6F4O/c1-3-4(7)5(8)11-6(2,9)10/h3H,1H2,2H3/b5-4+. The Hall–Kier alpha value is -1.00. The summed E-state index contributed by atoms with van der Waals surface area (Å²) in [6.07, 6.45) is -3.29. The van der Waals surface area contributed by atoms with Gasteiger partial charge < -0.3 is 4.74 Å². The lowest BCUT2D eigenvalue weighted by atomic mass is 10.5. The third kappa shape index (κ3) is 4.41. The second-order valence-corrected chi connectivity index (χ2v) is 1.74. The van der Waals surface area contributed by atoms with Crippen LogP contribution in [0.4, 0.5) is 17.6 Å². The molecule has 11 heavy (non-hydrogen) atoms. The highest BCUT2D eigenvalue weighted by atomic mass is 19.3. The zero-order valence-corrected chi connectivity index (χ0v) is 5.70. The van der Waals surface area contributed by atoms with E-state index >= 15 is 0 Å². The van der Waals surface area contributed by atoms with E-state index in [2.05, 4.69) is 11.3 Å². The van der Waals surface area contributed by atoms with Crippen LogP contribution >= 0.6 is 0 Å². The van der Waals surface area contributed by atoms with E-state index in [0.29, 0.717) is 13.0 Å². The summed E-state index contributed by atoms with van der Waals surface area (Å²) >= 11 is 0. The molecular weight excluding hydrogens is 164 g/mol. The van der Waals surface area contributed by atoms with Crippen molar-refractivity contribution >= 4 is 0 Å². The summed E-state index contributed by atoms with van der Waals surface area (Å²) < 4.78 is 50.8. The predicted molar refractivity (Wildman–Crippen MR) is 31.1 cm³/mol. The van der Waals surface area contributed by atoms with Crippen LogP contribution in [0.5, 0.6) is 0 Å². The Balaban J connectivity index is 4.28. The van der Waals surface area contributed by atoms with E-state index in [4.69, 9.17) is 0 Å². The highest BCUT2D eigenvalue weighted by molar-refractivity contribution is 5.07. The number of allylic oxidation sites excluding steroid dienone is 2. The van der Waals surface area contributed by atoms with Gasteiger partial charge in [-0.25, -0.2) is 4.39 Å². The molecule has 0 aliphatic rings. The van der Waals surface area contributed by atoms with Crippen molar-refractivity contribution in [1.82, 2.24) is 0 Å². The van der Waals surface area contributed by atoms with Gasteiger partial charge >= 0.3 is 12.1 Å². The van der Waals surface area contributed by atoms with E-state index in [0.717, 1.165) is 0 Å². The Morgan fingerprint density at radius 3 is 2.18 bits per heavy atom. The summed E-state index contributed by atoms with van der Waals surface area (Å²) in [6.45, 7) is 3.11. The van der Waals surface area contributed by atoms with Crippen LogP contribution in [-0.4, -0.2) is 6.11 Å². The third-order valence-corrected chi connectivity index (χ3v) is 0.636. The summed E-state index contributed by atoms with van der Waals surface area (Å²) in [6, 6.07) is -1.97. The highest BCUT2D eigenvalue weighted by Crippen LogP contribution is 2.21. The predicted octanol–water partition coefficient (Wildman–Crippen LogP) is 2.91. The molecule has 0 aliphatic heterocycles. The Kier molecular flexibility index (Phi) is 3.10. The van der Waals surface area contributed by atoms with Crippen LogP contribution in [-0.2, 0) is 4.74 Å². The lowest BCUT2D eigenvalue weighted by Crippen LogP contribution is -2.13. The maximum atomic E-state index is 12.0. The molecule has 0 bridgehead atoms. The Morgan fingerprint density at radius 1 is 1.45 bits per heavy atom. The fourth-order valence-electron chi connectivity index (χ4n) is 0.286. The lowest BCUT2D eigenvalue weighted by Gasteiger charge is -2.09. The fraction of sp³-hybridized carbons (Fsp3) is 0.333. The molecule has 0 spiro atoms. The van der Waals surface area contributed by atoms with Crippen molar-refractivity contribution in [2.24, 2.45) is 0 Å². The number of hydrogen-bond acceptors (Lipinski definition) is 1. The van der Waals surface area contributed by atoms with Crippen molar-refractivity contribution in [3.8, 4) is 0 Å². The fourth-order valence-corrected chi connectivity index (χ4v) is 0.286. The van der Waals surface area contributed by atoms with Gasteiger partial charge in [-0.1, -0.05) is 6.58 Å². The van der Waals surface area contributed by atoms with Gasteiger partial charge in [0, 0.05) is 6.92 Å². The van der Waals surface area contributed by atoms with Crippen LogP contribution < -0.4 is 0 Å². The van der Waals surface area contributed by atoms with Gasteiger partial charge in [-0.2, -0.15) is 13.2 Å². The van der Waals surface area contributed by atoms with Crippen LogP contribution in [0, 0.1) is 0 Å². The SMILES string of the molecule is C=C/C(F)=C(/F)OC(C)(F)F. The van der Waals surface area contributed by atoms with Gasteiger partial charge in [0.25, 0.3) is 0 Å². The van der Waals surface area contributed by atoms with E-state index in [1.54, 1.807) is 0 Å². The molecule has 0 fully saturated rings. The van der Waals surface area contributed by atoms with E-state index in [-0.39, 0.29) is 0 Å². The largest absolute Gasteiger partial charge is 0.404 e. The molecular formula is C6H6F4O. The minimum atomic E-state index is -3.72. The molecule has 0 aromatic heterocycles. The van der Waals surface area contributed by atoms with Crippen molar-refractivity contribution < 1.29 is 22.3 Å². The molecule has 0 amide bonds. The van der Waals surface area contributed by atoms with E-state index < -0.39 is 17.9 Å². The number of halogens is 4. The summed E-state index contributed by atoms with van der Waals surface area (Å²) in [5, 5.41) is 0. The maximum Gasteiger partial charge on any atom is 0.396 e. The molecule has 1 nitrogen and oxygen atoms in total. The van der Waals surface area contributed by atoms with Gasteiger partial charge in [0.15, 0.2) is 5.83 Å². The summed E-state index contributed by atoms with van der Waals surface area (Å²) in [7, 11) is 0. The minimum absolute atomic E-state index is 0.295. The summed E-state index contributed by atoms with van der Waals surface area (Å²) in [4.78, 5) is 0. The molecule has 0 saturated carbocycles. The number of ether oxygens (including phenoxy) is 1. The van der Waals surface area contributed by atoms with Crippen molar-refractivity contribution in [2.45, 2.75) is 13.0 Å². The van der Waals surface area contributed by atoms with Gasteiger partial charge in [-0.3, -0.25) is 0 Å². The number of hydrogen-bond donors (Lipinski definition) is 0. The summed E-state index contributed by atoms with van der Waals surface area (Å²) in [5.74, 6) is -1.55. The first-order valence-electron chi connectivity index (χ1n) is 2.61. The van der Waals surface area contributed by atoms with Crippen molar-refractivity contribution in [3.63, 3.8) is 0 Å². The second-order valence-electron chi connectivity index (χ2n) is 1.74. The third-order valence-electron chi connectivity index (χ3n) is 0.636. The molecule has 5 heteroatoms. The lowest BCUT2D eigenvalue weighted by molar-refractivity contribution is -0.212. The first kappa shape index (κ1) is 10.0. The molecule has 0 rings (SSSR count). The van der Waals surface area contributed by atoms with Gasteiger partial charge in [0.2, 0.25) is 0 Å². The molecule has 0 N–H and O–H groups in total. The molecule has 0 aromatic carbocycles. The topological polar surface area (TPSA) is 9.23 Å². The van der Waals surface area contributed by atoms with Crippen LogP contribution in [0.2, 0.25) is 0 Å². The Labute approximate surface area is 61.0 Å². The first-order chi connectivity index (χ1) is 4.87. The maximum absolute atomic E-state index is 12.0. The number of alkyl halides is 2. The highest BCUT2D eigenvalue weighted by Gasteiger charge is 2.26. The molecule has 0 unspecified atom stereocenters. The van der Waals surface area contributed by atoms with E-state index in [1.165, 1.54) is 0 Å². The zero-order chi connectivity index (χ0) is 9.07. The molecule has 64 valence electrons.